The van der Waals surface area contributed by atoms with E-state index in [4.69, 9.17) is 4.99 Å². The van der Waals surface area contributed by atoms with Crippen LogP contribution in [-0.2, 0) is 14.7 Å². The molecule has 0 radical (unpaired) electrons. The van der Waals surface area contributed by atoms with Crippen LogP contribution in [0.3, 0.4) is 0 Å². The van der Waals surface area contributed by atoms with Crippen LogP contribution in [0.15, 0.2) is 0 Å². The van der Waals surface area contributed by atoms with Gasteiger partial charge in [-0.3, -0.25) is 4.89 Å². The van der Waals surface area contributed by atoms with Crippen molar-refractivity contribution in [2.75, 3.05) is 13.1 Å². The predicted molar refractivity (Wildman–Crippen MR) is 54.2 cm³/mol. The second kappa shape index (κ2) is 8.97. The molecule has 0 spiro atoms. The maximum atomic E-state index is 10.5. The summed E-state index contributed by atoms with van der Waals surface area (Å²) in [5.74, 6) is -0.414. The van der Waals surface area contributed by atoms with Crippen LogP contribution in [0.4, 0.5) is 0 Å². The van der Waals surface area contributed by atoms with E-state index in [1.165, 1.54) is 6.92 Å². The summed E-state index contributed by atoms with van der Waals surface area (Å²) in [7, 11) is 0. The maximum absolute atomic E-state index is 10.5. The van der Waals surface area contributed by atoms with Crippen molar-refractivity contribution in [1.82, 2.24) is 5.06 Å². The highest BCUT2D eigenvalue weighted by Crippen LogP contribution is 2.00. The smallest absolute Gasteiger partial charge is 0.280 e. The third kappa shape index (κ3) is 8.01. The maximum Gasteiger partial charge on any atom is 0.341 e. The summed E-state index contributed by atoms with van der Waals surface area (Å²) < 4.78 is 0. The third-order valence-electron chi connectivity index (χ3n) is 1.78. The first-order chi connectivity index (χ1) is 6.70. The molecule has 0 aromatic heterocycles. The molecule has 0 bridgehead atoms. The van der Waals surface area contributed by atoms with Gasteiger partial charge in [-0.1, -0.05) is 31.7 Å². The number of carbonyl (C=O) groups excluding carboxylic acids is 1. The highest BCUT2D eigenvalue weighted by atomic mass is 17.3. The Morgan fingerprint density at radius 2 is 1.64 bits per heavy atom. The quantitative estimate of drug-likeness (QED) is 0.448. The van der Waals surface area contributed by atoms with Crippen LogP contribution in [-0.4, -0.2) is 24.1 Å². The number of nitrogens with zero attached hydrogens (tertiary/aromatic N) is 1. The predicted octanol–water partition coefficient (Wildman–Crippen LogP) is 2.30. The van der Waals surface area contributed by atoms with Crippen molar-refractivity contribution in [1.29, 1.82) is 0 Å². The van der Waals surface area contributed by atoms with Crippen LogP contribution in [0.2, 0.25) is 0 Å². The van der Waals surface area contributed by atoms with Crippen molar-refractivity contribution in [2.45, 2.75) is 46.5 Å². The summed E-state index contributed by atoms with van der Waals surface area (Å²) in [5, 5.41) is 1.70. The highest BCUT2D eigenvalue weighted by Gasteiger charge is 2.06. The van der Waals surface area contributed by atoms with E-state index in [-0.39, 0.29) is 0 Å². The van der Waals surface area contributed by atoms with E-state index in [9.17, 15) is 4.79 Å². The Labute approximate surface area is 86.1 Å². The molecule has 0 amide bonds. The molecule has 84 valence electrons. The van der Waals surface area contributed by atoms with Gasteiger partial charge in [0.1, 0.15) is 0 Å². The number of carbonyl (C=O) groups is 1. The molecule has 0 N–H and O–H groups in total. The second-order valence-corrected chi connectivity index (χ2v) is 3.29. The van der Waals surface area contributed by atoms with Gasteiger partial charge in [0.25, 0.3) is 0 Å². The normalized spacial score (nSPS) is 10.6. The zero-order valence-corrected chi connectivity index (χ0v) is 9.41. The van der Waals surface area contributed by atoms with Gasteiger partial charge in [-0.25, -0.2) is 4.79 Å². The third-order valence-corrected chi connectivity index (χ3v) is 1.78. The second-order valence-electron chi connectivity index (χ2n) is 3.29. The Hall–Kier alpha value is -0.610. The first kappa shape index (κ1) is 13.4. The van der Waals surface area contributed by atoms with Gasteiger partial charge in [-0.2, -0.15) is 0 Å². The topological polar surface area (TPSA) is 38.8 Å². The fraction of sp³-hybridized carbons (Fsp3) is 0.900. The average molecular weight is 203 g/mol. The number of unbranched alkanes of at least 4 members (excludes halogenated alkanes) is 2. The van der Waals surface area contributed by atoms with Gasteiger partial charge in [0.2, 0.25) is 0 Å². The fourth-order valence-corrected chi connectivity index (χ4v) is 0.960. The van der Waals surface area contributed by atoms with Gasteiger partial charge < -0.3 is 0 Å². The molecule has 0 aliphatic carbocycles. The van der Waals surface area contributed by atoms with E-state index in [1.807, 2.05) is 0 Å². The lowest BCUT2D eigenvalue weighted by Gasteiger charge is -2.18. The molecule has 0 aromatic carbocycles. The van der Waals surface area contributed by atoms with Gasteiger partial charge >= 0.3 is 5.97 Å². The number of hydrogen-bond acceptors (Lipinski definition) is 4. The lowest BCUT2D eigenvalue weighted by atomic mass is 10.3. The van der Waals surface area contributed by atoms with Crippen molar-refractivity contribution in [3.05, 3.63) is 0 Å². The van der Waals surface area contributed by atoms with Crippen molar-refractivity contribution in [2.24, 2.45) is 0 Å². The van der Waals surface area contributed by atoms with E-state index in [0.717, 1.165) is 38.8 Å². The van der Waals surface area contributed by atoms with E-state index in [1.54, 1.807) is 5.06 Å². The molecule has 0 saturated heterocycles. The van der Waals surface area contributed by atoms with Crippen molar-refractivity contribution >= 4 is 5.97 Å². The average Bonchev–Trinajstić information content (AvgIpc) is 2.16. The van der Waals surface area contributed by atoms with Gasteiger partial charge in [-0.05, 0) is 12.8 Å². The molecule has 4 nitrogen and oxygen atoms in total. The summed E-state index contributed by atoms with van der Waals surface area (Å²) in [5.41, 5.74) is 0. The standard InChI is InChI=1S/C10H21NO3/c1-4-6-8-11(9-7-5-2)14-13-10(3)12/h4-9H2,1-3H3. The van der Waals surface area contributed by atoms with Gasteiger partial charge in [-0.15, -0.1) is 5.06 Å². The Kier molecular flexibility index (Phi) is 8.57. The summed E-state index contributed by atoms with van der Waals surface area (Å²) in [6.07, 6.45) is 4.30. The molecule has 0 unspecified atom stereocenters. The molecule has 0 aliphatic heterocycles. The fourth-order valence-electron chi connectivity index (χ4n) is 0.960. The molecule has 0 rings (SSSR count). The Morgan fingerprint density at radius 1 is 1.14 bits per heavy atom. The molecule has 4 heteroatoms. The first-order valence-corrected chi connectivity index (χ1v) is 5.30. The Balaban J connectivity index is 3.65. The number of hydroxylamine groups is 2. The van der Waals surface area contributed by atoms with Crippen molar-refractivity contribution < 1.29 is 14.7 Å². The highest BCUT2D eigenvalue weighted by molar-refractivity contribution is 5.65. The number of rotatable bonds is 8. The van der Waals surface area contributed by atoms with Crippen LogP contribution in [0.1, 0.15) is 46.5 Å². The minimum Gasteiger partial charge on any atom is -0.280 e. The van der Waals surface area contributed by atoms with Crippen LogP contribution in [0.5, 0.6) is 0 Å². The Bertz CT molecular complexity index is 142. The molecule has 0 fully saturated rings. The van der Waals surface area contributed by atoms with Gasteiger partial charge in [0.05, 0.1) is 0 Å². The molecule has 0 saturated carbocycles. The summed E-state index contributed by atoms with van der Waals surface area (Å²) in [6, 6.07) is 0. The van der Waals surface area contributed by atoms with E-state index < -0.39 is 5.97 Å². The zero-order chi connectivity index (χ0) is 10.8. The molecule has 0 aromatic rings. The SMILES string of the molecule is CCCCN(CCCC)OOC(C)=O. The molecular weight excluding hydrogens is 182 g/mol. The minimum absolute atomic E-state index is 0.414. The lowest BCUT2D eigenvalue weighted by molar-refractivity contribution is -0.397. The van der Waals surface area contributed by atoms with Crippen LogP contribution in [0.25, 0.3) is 0 Å². The van der Waals surface area contributed by atoms with E-state index in [2.05, 4.69) is 18.7 Å². The molecule has 14 heavy (non-hydrogen) atoms. The Morgan fingerprint density at radius 3 is 2.00 bits per heavy atom. The first-order valence-electron chi connectivity index (χ1n) is 5.30. The summed E-state index contributed by atoms with van der Waals surface area (Å²) in [4.78, 5) is 19.9. The molecule has 0 aliphatic rings. The van der Waals surface area contributed by atoms with Crippen LogP contribution >= 0.6 is 0 Å². The van der Waals surface area contributed by atoms with E-state index in [0.29, 0.717) is 0 Å². The van der Waals surface area contributed by atoms with E-state index >= 15 is 0 Å². The van der Waals surface area contributed by atoms with Crippen LogP contribution in [0, 0.1) is 0 Å². The van der Waals surface area contributed by atoms with Gasteiger partial charge in [0, 0.05) is 20.0 Å². The summed E-state index contributed by atoms with van der Waals surface area (Å²) in [6.45, 7) is 7.18. The summed E-state index contributed by atoms with van der Waals surface area (Å²) >= 11 is 0. The van der Waals surface area contributed by atoms with Gasteiger partial charge in [0.15, 0.2) is 0 Å². The van der Waals surface area contributed by atoms with Crippen LogP contribution < -0.4 is 0 Å². The number of hydrogen-bond donors (Lipinski definition) is 0. The monoisotopic (exact) mass is 203 g/mol. The lowest BCUT2D eigenvalue weighted by Crippen LogP contribution is -2.27. The minimum atomic E-state index is -0.414. The molecule has 0 atom stereocenters. The molecular formula is C10H21NO3. The van der Waals surface area contributed by atoms with Crippen molar-refractivity contribution in [3.63, 3.8) is 0 Å². The largest absolute Gasteiger partial charge is 0.341 e. The van der Waals surface area contributed by atoms with Crippen molar-refractivity contribution in [3.8, 4) is 0 Å². The zero-order valence-electron chi connectivity index (χ0n) is 9.41. The molecule has 0 heterocycles.